The Bertz CT molecular complexity index is 1150. The van der Waals surface area contributed by atoms with Gasteiger partial charge >= 0.3 is 0 Å². The smallest absolute Gasteiger partial charge is 0.229 e. The molecule has 0 saturated carbocycles. The van der Waals surface area contributed by atoms with Gasteiger partial charge in [0, 0.05) is 26.1 Å². The Kier molecular flexibility index (Phi) is 11.8. The number of methoxy groups -OCH3 is 1. The first-order chi connectivity index (χ1) is 18.2. The minimum atomic E-state index is -3.31. The minimum Gasteiger partial charge on any atom is -0.374 e. The summed E-state index contributed by atoms with van der Waals surface area (Å²) < 4.78 is 31.4. The summed E-state index contributed by atoms with van der Waals surface area (Å²) in [6, 6.07) is 15.7. The van der Waals surface area contributed by atoms with Crippen LogP contribution in [0, 0.1) is 0 Å². The van der Waals surface area contributed by atoms with E-state index in [-0.39, 0.29) is 11.7 Å². The molecule has 0 heterocycles. The Labute approximate surface area is 227 Å². The number of rotatable bonds is 16. The summed E-state index contributed by atoms with van der Waals surface area (Å²) in [6.07, 6.45) is 7.19. The highest BCUT2D eigenvalue weighted by Crippen LogP contribution is 2.28. The first kappa shape index (κ1) is 29.8. The van der Waals surface area contributed by atoms with Crippen molar-refractivity contribution in [3.63, 3.8) is 0 Å². The SMILES string of the molecule is CO[C@@H](CCCCNC(=O)Cc1ccccc1)C(=O)CCCNC1CCc2c(cccc2NS(C)(=O)=O)C1. The second-order valence-electron chi connectivity index (χ2n) is 10.0. The molecule has 9 heteroatoms. The minimum absolute atomic E-state index is 0.00975. The molecule has 0 aliphatic heterocycles. The molecule has 0 aromatic heterocycles. The Balaban J connectivity index is 1.29. The molecular formula is C29H41N3O5S. The number of sulfonamides is 1. The molecule has 1 aliphatic rings. The first-order valence-corrected chi connectivity index (χ1v) is 15.3. The molecule has 1 aliphatic carbocycles. The van der Waals surface area contributed by atoms with E-state index in [2.05, 4.69) is 21.4 Å². The van der Waals surface area contributed by atoms with Gasteiger partial charge in [0.2, 0.25) is 15.9 Å². The molecule has 3 rings (SSSR count). The number of fused-ring (bicyclic) bond motifs is 1. The Morgan fingerprint density at radius 2 is 1.82 bits per heavy atom. The summed E-state index contributed by atoms with van der Waals surface area (Å²) in [7, 11) is -1.73. The molecule has 0 spiro atoms. The largest absolute Gasteiger partial charge is 0.374 e. The van der Waals surface area contributed by atoms with E-state index >= 15 is 0 Å². The van der Waals surface area contributed by atoms with Crippen molar-refractivity contribution in [2.45, 2.75) is 69.9 Å². The van der Waals surface area contributed by atoms with Crippen LogP contribution in [0.3, 0.4) is 0 Å². The van der Waals surface area contributed by atoms with E-state index in [1.807, 2.05) is 42.5 Å². The van der Waals surface area contributed by atoms with Gasteiger partial charge in [0.25, 0.3) is 0 Å². The maximum absolute atomic E-state index is 12.6. The second-order valence-corrected chi connectivity index (χ2v) is 11.8. The van der Waals surface area contributed by atoms with Gasteiger partial charge in [-0.2, -0.15) is 0 Å². The third kappa shape index (κ3) is 10.2. The molecule has 8 nitrogen and oxygen atoms in total. The van der Waals surface area contributed by atoms with Gasteiger partial charge in [0.05, 0.1) is 18.4 Å². The van der Waals surface area contributed by atoms with E-state index in [4.69, 9.17) is 4.74 Å². The number of anilines is 1. The predicted molar refractivity (Wildman–Crippen MR) is 151 cm³/mol. The fourth-order valence-corrected chi connectivity index (χ4v) is 5.53. The molecule has 0 fully saturated rings. The summed E-state index contributed by atoms with van der Waals surface area (Å²) in [5, 5.41) is 6.50. The summed E-state index contributed by atoms with van der Waals surface area (Å²) in [4.78, 5) is 24.7. The van der Waals surface area contributed by atoms with Crippen molar-refractivity contribution in [1.29, 1.82) is 0 Å². The summed E-state index contributed by atoms with van der Waals surface area (Å²) in [6.45, 7) is 1.34. The van der Waals surface area contributed by atoms with E-state index in [0.717, 1.165) is 61.8 Å². The van der Waals surface area contributed by atoms with Crippen molar-refractivity contribution >= 4 is 27.4 Å². The first-order valence-electron chi connectivity index (χ1n) is 13.4. The van der Waals surface area contributed by atoms with Gasteiger partial charge in [-0.05, 0) is 74.2 Å². The molecular weight excluding hydrogens is 502 g/mol. The summed E-state index contributed by atoms with van der Waals surface area (Å²) in [5.74, 6) is 0.128. The lowest BCUT2D eigenvalue weighted by molar-refractivity contribution is -0.129. The lowest BCUT2D eigenvalue weighted by Gasteiger charge is -2.27. The van der Waals surface area contributed by atoms with Crippen LogP contribution in [0.25, 0.3) is 0 Å². The number of carbonyl (C=O) groups excluding carboxylic acids is 2. The third-order valence-corrected chi connectivity index (χ3v) is 7.47. The van der Waals surface area contributed by atoms with Crippen LogP contribution in [0.5, 0.6) is 0 Å². The van der Waals surface area contributed by atoms with Gasteiger partial charge in [-0.1, -0.05) is 42.5 Å². The average Bonchev–Trinajstić information content (AvgIpc) is 2.88. The molecule has 3 N–H and O–H groups in total. The van der Waals surface area contributed by atoms with E-state index in [0.29, 0.717) is 37.5 Å². The van der Waals surface area contributed by atoms with E-state index in [9.17, 15) is 18.0 Å². The third-order valence-electron chi connectivity index (χ3n) is 6.88. The maximum atomic E-state index is 12.6. The van der Waals surface area contributed by atoms with Gasteiger partial charge in [-0.3, -0.25) is 14.3 Å². The average molecular weight is 544 g/mol. The number of benzene rings is 2. The van der Waals surface area contributed by atoms with Crippen LogP contribution in [-0.2, 0) is 43.6 Å². The molecule has 0 saturated heterocycles. The van der Waals surface area contributed by atoms with Gasteiger partial charge in [0.15, 0.2) is 5.78 Å². The highest BCUT2D eigenvalue weighted by atomic mass is 32.2. The van der Waals surface area contributed by atoms with Crippen molar-refractivity contribution in [1.82, 2.24) is 10.6 Å². The number of ketones is 1. The Morgan fingerprint density at radius 1 is 1.03 bits per heavy atom. The molecule has 1 amide bonds. The number of hydrogen-bond acceptors (Lipinski definition) is 6. The fraction of sp³-hybridized carbons (Fsp3) is 0.517. The molecule has 0 bridgehead atoms. The van der Waals surface area contributed by atoms with E-state index in [1.165, 1.54) is 6.26 Å². The Hall–Kier alpha value is -2.75. The molecule has 208 valence electrons. The lowest BCUT2D eigenvalue weighted by atomic mass is 9.87. The zero-order valence-electron chi connectivity index (χ0n) is 22.5. The number of Topliss-reactive ketones (excluding diaryl/α,β-unsaturated/α-hetero) is 1. The molecule has 38 heavy (non-hydrogen) atoms. The second kappa shape index (κ2) is 15.0. The van der Waals surface area contributed by atoms with Crippen molar-refractivity contribution in [2.24, 2.45) is 0 Å². The fourth-order valence-electron chi connectivity index (χ4n) is 4.94. The van der Waals surface area contributed by atoms with Crippen molar-refractivity contribution < 1.29 is 22.7 Å². The van der Waals surface area contributed by atoms with E-state index in [1.54, 1.807) is 7.11 Å². The number of unbranched alkanes of at least 4 members (excludes halogenated alkanes) is 1. The zero-order chi connectivity index (χ0) is 27.4. The van der Waals surface area contributed by atoms with Crippen LogP contribution >= 0.6 is 0 Å². The molecule has 2 aromatic rings. The predicted octanol–water partition coefficient (Wildman–Crippen LogP) is 3.40. The number of carbonyl (C=O) groups is 2. The summed E-state index contributed by atoms with van der Waals surface area (Å²) >= 11 is 0. The number of ether oxygens (including phenoxy) is 1. The number of amides is 1. The monoisotopic (exact) mass is 543 g/mol. The van der Waals surface area contributed by atoms with Gasteiger partial charge < -0.3 is 15.4 Å². The highest BCUT2D eigenvalue weighted by Gasteiger charge is 2.22. The quantitative estimate of drug-likeness (QED) is 0.280. The topological polar surface area (TPSA) is 114 Å². The van der Waals surface area contributed by atoms with E-state index < -0.39 is 16.1 Å². The highest BCUT2D eigenvalue weighted by molar-refractivity contribution is 7.92. The van der Waals surface area contributed by atoms with Crippen molar-refractivity contribution in [3.8, 4) is 0 Å². The summed E-state index contributed by atoms with van der Waals surface area (Å²) in [5.41, 5.74) is 3.90. The standard InChI is InChI=1S/C29H41N3O5S/c1-37-28(15-6-7-18-31-29(34)20-22-10-4-3-5-11-22)27(33)14-9-19-30-24-16-17-25-23(21-24)12-8-13-26(25)32-38(2,35)36/h3-5,8,10-13,24,28,30,32H,6-7,9,14-21H2,1-2H3,(H,31,34)/t24?,28-/m0/s1. The zero-order valence-corrected chi connectivity index (χ0v) is 23.3. The van der Waals surface area contributed by atoms with Crippen LogP contribution < -0.4 is 15.4 Å². The van der Waals surface area contributed by atoms with Crippen LogP contribution in [0.15, 0.2) is 48.5 Å². The number of nitrogens with one attached hydrogen (secondary N) is 3. The molecule has 2 atom stereocenters. The normalized spacial score (nSPS) is 15.9. The maximum Gasteiger partial charge on any atom is 0.229 e. The lowest BCUT2D eigenvalue weighted by Crippen LogP contribution is -2.36. The van der Waals surface area contributed by atoms with Gasteiger partial charge in [0.1, 0.15) is 6.10 Å². The van der Waals surface area contributed by atoms with Crippen LogP contribution in [-0.4, -0.2) is 58.7 Å². The van der Waals surface area contributed by atoms with Crippen LogP contribution in [0.2, 0.25) is 0 Å². The van der Waals surface area contributed by atoms with Crippen LogP contribution in [0.4, 0.5) is 5.69 Å². The van der Waals surface area contributed by atoms with Crippen LogP contribution in [0.1, 0.15) is 55.2 Å². The molecule has 0 radical (unpaired) electrons. The molecule has 1 unspecified atom stereocenters. The Morgan fingerprint density at radius 3 is 2.55 bits per heavy atom. The van der Waals surface area contributed by atoms with Gasteiger partial charge in [-0.25, -0.2) is 8.42 Å². The van der Waals surface area contributed by atoms with Crippen molar-refractivity contribution in [2.75, 3.05) is 31.2 Å². The number of hydrogen-bond donors (Lipinski definition) is 3. The molecule has 2 aromatic carbocycles. The van der Waals surface area contributed by atoms with Gasteiger partial charge in [-0.15, -0.1) is 0 Å². The van der Waals surface area contributed by atoms with Crippen molar-refractivity contribution in [3.05, 3.63) is 65.2 Å².